The molecule has 4 rings (SSSR count). The molecule has 1 aromatic heterocycles. The van der Waals surface area contributed by atoms with Crippen molar-refractivity contribution in [1.82, 2.24) is 4.90 Å². The van der Waals surface area contributed by atoms with Gasteiger partial charge in [0.15, 0.2) is 5.11 Å². The Kier molecular flexibility index (Phi) is 6.19. The zero-order valence-electron chi connectivity index (χ0n) is 17.7. The number of carbonyl (C=O) groups is 3. The average molecular weight is 461 g/mol. The number of thiocarbonyl (C=S) groups is 1. The Morgan fingerprint density at radius 1 is 1.00 bits per heavy atom. The van der Waals surface area contributed by atoms with Gasteiger partial charge in [0.05, 0.1) is 11.3 Å². The third-order valence-electron chi connectivity index (χ3n) is 5.12. The molecule has 2 amide bonds. The number of hydrogen-bond donors (Lipinski definition) is 1. The summed E-state index contributed by atoms with van der Waals surface area (Å²) in [6.45, 7) is 2.31. The highest BCUT2D eigenvalue weighted by Gasteiger charge is 2.40. The molecular weight excluding hydrogens is 440 g/mol. The minimum atomic E-state index is -1.02. The molecule has 0 bridgehead atoms. The lowest BCUT2D eigenvalue weighted by Crippen LogP contribution is -2.56. The number of carbonyl (C=O) groups excluding carboxylic acids is 2. The van der Waals surface area contributed by atoms with Crippen LogP contribution in [0.1, 0.15) is 29.5 Å². The highest BCUT2D eigenvalue weighted by atomic mass is 32.1. The predicted molar refractivity (Wildman–Crippen MR) is 128 cm³/mol. The Morgan fingerprint density at radius 3 is 2.33 bits per heavy atom. The normalized spacial score (nSPS) is 15.4. The standard InChI is InChI=1S/C25H20N2O5S/c1-2-14-26-22(28)20(23(29)27(25(26)33)18-6-4-3-5-7-18)15-19-12-13-21(32-19)16-8-10-17(11-9-16)24(30)31/h3-13,15H,2,14H2,1H3,(H,30,31)/b20-15+. The lowest BCUT2D eigenvalue weighted by Gasteiger charge is -2.36. The number of carboxylic acids is 1. The summed E-state index contributed by atoms with van der Waals surface area (Å²) in [6, 6.07) is 18.5. The number of furan rings is 1. The summed E-state index contributed by atoms with van der Waals surface area (Å²) in [4.78, 5) is 40.2. The molecule has 0 saturated carbocycles. The number of benzene rings is 2. The van der Waals surface area contributed by atoms with Crippen LogP contribution in [0, 0.1) is 0 Å². The second kappa shape index (κ2) is 9.22. The molecule has 0 spiro atoms. The molecule has 0 unspecified atom stereocenters. The van der Waals surface area contributed by atoms with Gasteiger partial charge in [-0.1, -0.05) is 37.3 Å². The van der Waals surface area contributed by atoms with Crippen LogP contribution in [0.25, 0.3) is 17.4 Å². The van der Waals surface area contributed by atoms with E-state index in [0.29, 0.717) is 35.7 Å². The van der Waals surface area contributed by atoms with E-state index in [1.165, 1.54) is 28.0 Å². The Bertz CT molecular complexity index is 1260. The lowest BCUT2D eigenvalue weighted by molar-refractivity contribution is -0.127. The first-order chi connectivity index (χ1) is 15.9. The summed E-state index contributed by atoms with van der Waals surface area (Å²) in [5.41, 5.74) is 1.36. The fourth-order valence-electron chi connectivity index (χ4n) is 3.51. The first kappa shape index (κ1) is 22.2. The SMILES string of the molecule is CCCN1C(=O)/C(=C\c2ccc(-c3ccc(C(=O)O)cc3)o2)C(=O)N(c2ccccc2)C1=S. The maximum absolute atomic E-state index is 13.3. The Labute approximate surface area is 195 Å². The van der Waals surface area contributed by atoms with Crippen molar-refractivity contribution >= 4 is 46.9 Å². The third-order valence-corrected chi connectivity index (χ3v) is 5.53. The van der Waals surface area contributed by atoms with Crippen molar-refractivity contribution in [1.29, 1.82) is 0 Å². The minimum absolute atomic E-state index is 0.0528. The van der Waals surface area contributed by atoms with E-state index in [-0.39, 0.29) is 16.2 Å². The zero-order valence-corrected chi connectivity index (χ0v) is 18.5. The number of rotatable bonds is 6. The maximum Gasteiger partial charge on any atom is 0.335 e. The number of carboxylic acid groups (broad SMARTS) is 1. The van der Waals surface area contributed by atoms with E-state index in [9.17, 15) is 14.4 Å². The first-order valence-corrected chi connectivity index (χ1v) is 10.7. The highest BCUT2D eigenvalue weighted by molar-refractivity contribution is 7.80. The Balaban J connectivity index is 1.70. The van der Waals surface area contributed by atoms with Crippen molar-refractivity contribution in [3.05, 3.63) is 83.6 Å². The second-order valence-electron chi connectivity index (χ2n) is 7.36. The van der Waals surface area contributed by atoms with E-state index >= 15 is 0 Å². The number of aromatic carboxylic acids is 1. The topological polar surface area (TPSA) is 91.1 Å². The van der Waals surface area contributed by atoms with E-state index < -0.39 is 17.8 Å². The number of anilines is 1. The molecule has 0 aliphatic carbocycles. The summed E-state index contributed by atoms with van der Waals surface area (Å²) >= 11 is 5.48. The van der Waals surface area contributed by atoms with Crippen molar-refractivity contribution in [2.45, 2.75) is 13.3 Å². The third kappa shape index (κ3) is 4.33. The summed E-state index contributed by atoms with van der Waals surface area (Å²) < 4.78 is 5.83. The van der Waals surface area contributed by atoms with Crippen molar-refractivity contribution in [3.63, 3.8) is 0 Å². The van der Waals surface area contributed by atoms with Gasteiger partial charge in [0, 0.05) is 12.1 Å². The molecule has 3 aromatic rings. The summed E-state index contributed by atoms with van der Waals surface area (Å²) in [5.74, 6) is -1.20. The van der Waals surface area contributed by atoms with E-state index in [2.05, 4.69) is 0 Å². The van der Waals surface area contributed by atoms with Gasteiger partial charge in [-0.25, -0.2) is 4.79 Å². The van der Waals surface area contributed by atoms with Crippen LogP contribution >= 0.6 is 12.2 Å². The number of hydrogen-bond acceptors (Lipinski definition) is 5. The van der Waals surface area contributed by atoms with Crippen LogP contribution in [0.4, 0.5) is 5.69 Å². The van der Waals surface area contributed by atoms with E-state index in [1.807, 2.05) is 13.0 Å². The largest absolute Gasteiger partial charge is 0.478 e. The van der Waals surface area contributed by atoms with Crippen molar-refractivity contribution < 1.29 is 23.9 Å². The summed E-state index contributed by atoms with van der Waals surface area (Å²) in [5, 5.41) is 9.20. The fourth-order valence-corrected chi connectivity index (χ4v) is 3.87. The molecule has 0 atom stereocenters. The number of amides is 2. The number of para-hydroxylation sites is 1. The van der Waals surface area contributed by atoms with Crippen molar-refractivity contribution in [3.8, 4) is 11.3 Å². The molecule has 1 fully saturated rings. The molecule has 1 aliphatic heterocycles. The van der Waals surface area contributed by atoms with E-state index in [4.69, 9.17) is 21.7 Å². The van der Waals surface area contributed by atoms with Crippen molar-refractivity contribution in [2.24, 2.45) is 0 Å². The van der Waals surface area contributed by atoms with Gasteiger partial charge < -0.3 is 9.52 Å². The maximum atomic E-state index is 13.3. The molecule has 2 aromatic carbocycles. The van der Waals surface area contributed by atoms with Crippen LogP contribution in [0.3, 0.4) is 0 Å². The first-order valence-electron chi connectivity index (χ1n) is 10.3. The van der Waals surface area contributed by atoms with Gasteiger partial charge in [-0.2, -0.15) is 0 Å². The second-order valence-corrected chi connectivity index (χ2v) is 7.72. The van der Waals surface area contributed by atoms with Crippen LogP contribution in [0.15, 0.2) is 76.7 Å². The van der Waals surface area contributed by atoms with Gasteiger partial charge in [-0.3, -0.25) is 19.4 Å². The fraction of sp³-hybridized carbons (Fsp3) is 0.120. The molecule has 8 heteroatoms. The molecule has 0 radical (unpaired) electrons. The van der Waals surface area contributed by atoms with Crippen LogP contribution in [-0.4, -0.2) is 39.4 Å². The van der Waals surface area contributed by atoms with Crippen LogP contribution in [0.2, 0.25) is 0 Å². The zero-order chi connectivity index (χ0) is 23.5. The quantitative estimate of drug-likeness (QED) is 0.328. The van der Waals surface area contributed by atoms with Crippen LogP contribution < -0.4 is 4.90 Å². The highest BCUT2D eigenvalue weighted by Crippen LogP contribution is 2.28. The van der Waals surface area contributed by atoms with Crippen molar-refractivity contribution in [2.75, 3.05) is 11.4 Å². The summed E-state index contributed by atoms with van der Waals surface area (Å²) in [6.07, 6.45) is 2.09. The molecule has 1 aliphatic rings. The molecule has 33 heavy (non-hydrogen) atoms. The summed E-state index contributed by atoms with van der Waals surface area (Å²) in [7, 11) is 0. The van der Waals surface area contributed by atoms with Gasteiger partial charge in [0.1, 0.15) is 17.1 Å². The monoisotopic (exact) mass is 460 g/mol. The smallest absolute Gasteiger partial charge is 0.335 e. The molecular formula is C25H20N2O5S. The Morgan fingerprint density at radius 2 is 1.70 bits per heavy atom. The van der Waals surface area contributed by atoms with Gasteiger partial charge in [0.25, 0.3) is 11.8 Å². The Hall–Kier alpha value is -4.04. The van der Waals surface area contributed by atoms with Gasteiger partial charge in [-0.05, 0) is 61.1 Å². The van der Waals surface area contributed by atoms with Gasteiger partial charge in [0.2, 0.25) is 0 Å². The molecule has 2 heterocycles. The van der Waals surface area contributed by atoms with Gasteiger partial charge >= 0.3 is 5.97 Å². The average Bonchev–Trinajstić information content (AvgIpc) is 3.29. The molecule has 1 N–H and O–H groups in total. The molecule has 1 saturated heterocycles. The van der Waals surface area contributed by atoms with Crippen LogP contribution in [0.5, 0.6) is 0 Å². The predicted octanol–water partition coefficient (Wildman–Crippen LogP) is 4.60. The lowest BCUT2D eigenvalue weighted by atomic mass is 10.1. The molecule has 7 nitrogen and oxygen atoms in total. The van der Waals surface area contributed by atoms with Gasteiger partial charge in [-0.15, -0.1) is 0 Å². The minimum Gasteiger partial charge on any atom is -0.478 e. The van der Waals surface area contributed by atoms with E-state index in [0.717, 1.165) is 0 Å². The van der Waals surface area contributed by atoms with Crippen LogP contribution in [-0.2, 0) is 9.59 Å². The number of nitrogens with zero attached hydrogens (tertiary/aromatic N) is 2. The van der Waals surface area contributed by atoms with E-state index in [1.54, 1.807) is 48.5 Å². The molecule has 166 valence electrons.